The molecule has 6 N–H and O–H groups in total. The van der Waals surface area contributed by atoms with Gasteiger partial charge in [-0.3, -0.25) is 0 Å². The molecule has 10 heteroatoms. The predicted molar refractivity (Wildman–Crippen MR) is 65.3 cm³/mol. The lowest BCUT2D eigenvalue weighted by atomic mass is 10.2. The summed E-state index contributed by atoms with van der Waals surface area (Å²) < 4.78 is 9.65. The van der Waals surface area contributed by atoms with Gasteiger partial charge in [0.05, 0.1) is 48.6 Å². The maximum Gasteiger partial charge on any atom is 0.107 e. The van der Waals surface area contributed by atoms with Crippen LogP contribution in [0.15, 0.2) is 0 Å². The molecule has 0 aromatic heterocycles. The molecule has 0 saturated heterocycles. The quantitative estimate of drug-likeness (QED) is 0.140. The van der Waals surface area contributed by atoms with Crippen LogP contribution < -0.4 is 0 Å². The second-order valence-electron chi connectivity index (χ2n) is 3.34. The maximum atomic E-state index is 9.17. The first-order valence-electron chi connectivity index (χ1n) is 5.04. The zero-order valence-corrected chi connectivity index (χ0v) is 11.1. The van der Waals surface area contributed by atoms with E-state index in [1.807, 2.05) is 0 Å². The van der Waals surface area contributed by atoms with Gasteiger partial charge in [0.1, 0.15) is 24.4 Å². The molecule has 0 aromatic carbocycles. The Morgan fingerprint density at radius 3 is 1.28 bits per heavy atom. The van der Waals surface area contributed by atoms with Crippen LogP contribution in [-0.2, 0) is 8.37 Å². The molecule has 4 atom stereocenters. The molecule has 0 unspecified atom stereocenters. The van der Waals surface area contributed by atoms with E-state index in [0.29, 0.717) is 0 Å². The fourth-order valence-corrected chi connectivity index (χ4v) is 1.74. The Morgan fingerprint density at radius 1 is 0.667 bits per heavy atom. The summed E-state index contributed by atoms with van der Waals surface area (Å²) in [6, 6.07) is 0. The second kappa shape index (κ2) is 11.2. The number of hydrogen-bond acceptors (Lipinski definition) is 10. The molecule has 18 heavy (non-hydrogen) atoms. The van der Waals surface area contributed by atoms with Crippen LogP contribution in [0, 0.1) is 0 Å². The predicted octanol–water partition coefficient (Wildman–Crippen LogP) is -2.34. The van der Waals surface area contributed by atoms with Crippen molar-refractivity contribution in [2.75, 3.05) is 26.4 Å². The van der Waals surface area contributed by atoms with E-state index in [2.05, 4.69) is 0 Å². The fourth-order valence-electron chi connectivity index (χ4n) is 0.700. The summed E-state index contributed by atoms with van der Waals surface area (Å²) in [5.41, 5.74) is 0. The molecule has 0 aromatic rings. The van der Waals surface area contributed by atoms with E-state index < -0.39 is 37.6 Å². The van der Waals surface area contributed by atoms with Crippen molar-refractivity contribution in [3.05, 3.63) is 0 Å². The van der Waals surface area contributed by atoms with E-state index >= 15 is 0 Å². The van der Waals surface area contributed by atoms with Crippen molar-refractivity contribution < 1.29 is 39.0 Å². The van der Waals surface area contributed by atoms with Crippen LogP contribution in [0.3, 0.4) is 0 Å². The van der Waals surface area contributed by atoms with Crippen molar-refractivity contribution in [3.63, 3.8) is 0 Å². The highest BCUT2D eigenvalue weighted by Crippen LogP contribution is 2.24. The highest BCUT2D eigenvalue weighted by molar-refractivity contribution is 8.73. The normalized spacial score (nSPS) is 18.3. The van der Waals surface area contributed by atoms with Crippen LogP contribution in [0.5, 0.6) is 0 Å². The smallest absolute Gasteiger partial charge is 0.107 e. The minimum Gasteiger partial charge on any atom is -0.394 e. The van der Waals surface area contributed by atoms with Gasteiger partial charge in [-0.1, -0.05) is 0 Å². The topological polar surface area (TPSA) is 140 Å². The summed E-state index contributed by atoms with van der Waals surface area (Å²) in [5, 5.41) is 53.3. The van der Waals surface area contributed by atoms with Crippen molar-refractivity contribution >= 4 is 22.1 Å². The van der Waals surface area contributed by atoms with E-state index in [0.717, 1.165) is 22.1 Å². The highest BCUT2D eigenvalue weighted by atomic mass is 33.1. The third-order valence-electron chi connectivity index (χ3n) is 1.86. The SMILES string of the molecule is OC[C@@H](O)[C@@H](O)COSSOC[C@H](O)[C@H](O)CO. The number of aliphatic hydroxyl groups is 6. The van der Waals surface area contributed by atoms with Gasteiger partial charge in [0.2, 0.25) is 0 Å². The first-order valence-corrected chi connectivity index (χ1v) is 7.04. The molecule has 110 valence electrons. The first kappa shape index (κ1) is 18.4. The zero-order chi connectivity index (χ0) is 14.0. The van der Waals surface area contributed by atoms with Crippen LogP contribution in [0.2, 0.25) is 0 Å². The minimum absolute atomic E-state index is 0.204. The molecule has 0 aliphatic rings. The van der Waals surface area contributed by atoms with E-state index in [4.69, 9.17) is 39.0 Å². The van der Waals surface area contributed by atoms with Gasteiger partial charge in [-0.2, -0.15) is 0 Å². The number of hydrogen-bond donors (Lipinski definition) is 6. The number of aliphatic hydroxyl groups excluding tert-OH is 6. The van der Waals surface area contributed by atoms with Gasteiger partial charge in [0.25, 0.3) is 0 Å². The Morgan fingerprint density at radius 2 is 1.00 bits per heavy atom. The monoisotopic (exact) mass is 306 g/mol. The molecule has 0 saturated carbocycles. The largest absolute Gasteiger partial charge is 0.394 e. The van der Waals surface area contributed by atoms with Gasteiger partial charge in [-0.25, -0.2) is 0 Å². The molecule has 0 spiro atoms. The molecule has 0 amide bonds. The number of rotatable bonds is 11. The molecule has 0 bridgehead atoms. The maximum absolute atomic E-state index is 9.17. The zero-order valence-electron chi connectivity index (χ0n) is 9.45. The van der Waals surface area contributed by atoms with Crippen molar-refractivity contribution in [1.82, 2.24) is 0 Å². The van der Waals surface area contributed by atoms with Crippen LogP contribution in [0.1, 0.15) is 0 Å². The van der Waals surface area contributed by atoms with E-state index in [-0.39, 0.29) is 13.2 Å². The molecule has 8 nitrogen and oxygen atoms in total. The molecule has 0 rings (SSSR count). The van der Waals surface area contributed by atoms with Gasteiger partial charge >= 0.3 is 0 Å². The fraction of sp³-hybridized carbons (Fsp3) is 1.00. The van der Waals surface area contributed by atoms with Crippen molar-refractivity contribution in [2.45, 2.75) is 24.4 Å². The summed E-state index contributed by atoms with van der Waals surface area (Å²) in [6.45, 7) is -1.54. The second-order valence-corrected chi connectivity index (χ2v) is 4.90. The summed E-state index contributed by atoms with van der Waals surface area (Å²) in [5.74, 6) is 0. The van der Waals surface area contributed by atoms with Gasteiger partial charge in [0.15, 0.2) is 0 Å². The summed E-state index contributed by atoms with van der Waals surface area (Å²) >= 11 is 1.51. The molecule has 0 aliphatic heterocycles. The summed E-state index contributed by atoms with van der Waals surface area (Å²) in [6.07, 6.45) is -4.94. The van der Waals surface area contributed by atoms with Crippen molar-refractivity contribution in [1.29, 1.82) is 0 Å². The highest BCUT2D eigenvalue weighted by Gasteiger charge is 2.17. The minimum atomic E-state index is -1.27. The Bertz CT molecular complexity index is 178. The van der Waals surface area contributed by atoms with Crippen molar-refractivity contribution in [2.24, 2.45) is 0 Å². The van der Waals surface area contributed by atoms with Gasteiger partial charge in [0, 0.05) is 0 Å². The molecule has 0 aliphatic carbocycles. The summed E-state index contributed by atoms with van der Waals surface area (Å²) in [7, 11) is 0. The third-order valence-corrected chi connectivity index (χ3v) is 3.13. The summed E-state index contributed by atoms with van der Waals surface area (Å²) in [4.78, 5) is 0. The van der Waals surface area contributed by atoms with E-state index in [1.54, 1.807) is 0 Å². The lowest BCUT2D eigenvalue weighted by Gasteiger charge is -2.15. The van der Waals surface area contributed by atoms with E-state index in [1.165, 1.54) is 0 Å². The van der Waals surface area contributed by atoms with Crippen LogP contribution in [-0.4, -0.2) is 81.5 Å². The van der Waals surface area contributed by atoms with Gasteiger partial charge in [-0.05, 0) is 0 Å². The van der Waals surface area contributed by atoms with Crippen LogP contribution in [0.4, 0.5) is 0 Å². The third kappa shape index (κ3) is 8.48. The van der Waals surface area contributed by atoms with Crippen LogP contribution in [0.25, 0.3) is 0 Å². The van der Waals surface area contributed by atoms with Gasteiger partial charge in [-0.15, -0.1) is 0 Å². The standard InChI is InChI=1S/C8H18O8S2/c9-1-5(11)7(13)3-15-17-18-16-4-8(14)6(12)2-10/h5-14H,1-4H2/t5-,6-,7+,8+/m1/s1. The Balaban J connectivity index is 3.41. The molecular formula is C8H18O8S2. The average molecular weight is 306 g/mol. The first-order chi connectivity index (χ1) is 8.52. The molecular weight excluding hydrogens is 288 g/mol. The van der Waals surface area contributed by atoms with Crippen molar-refractivity contribution in [3.8, 4) is 0 Å². The van der Waals surface area contributed by atoms with Gasteiger partial charge < -0.3 is 39.0 Å². The average Bonchev–Trinajstić information content (AvgIpc) is 2.39. The molecule has 0 radical (unpaired) electrons. The molecule has 0 heterocycles. The van der Waals surface area contributed by atoms with Crippen LogP contribution >= 0.6 is 22.1 Å². The Hall–Kier alpha value is 0.380. The Kier molecular flexibility index (Phi) is 11.5. The lowest BCUT2D eigenvalue weighted by Crippen LogP contribution is -2.32. The van der Waals surface area contributed by atoms with E-state index in [9.17, 15) is 0 Å². The lowest BCUT2D eigenvalue weighted by molar-refractivity contribution is -0.0316. The Labute approximate surface area is 112 Å². The molecule has 0 fully saturated rings.